The van der Waals surface area contributed by atoms with E-state index in [1.54, 1.807) is 29.2 Å². The molecule has 0 heterocycles. The minimum atomic E-state index is -0.0183. The van der Waals surface area contributed by atoms with Gasteiger partial charge < -0.3 is 9.80 Å². The molecular weight excluding hydrogens is 250 g/mol. The van der Waals surface area contributed by atoms with Gasteiger partial charge in [-0.05, 0) is 51.6 Å². The summed E-state index contributed by atoms with van der Waals surface area (Å²) in [5.74, 6) is -0.0183. The van der Waals surface area contributed by atoms with Crippen LogP contribution in [0.5, 0.6) is 0 Å². The van der Waals surface area contributed by atoms with Gasteiger partial charge in [0, 0.05) is 24.7 Å². The van der Waals surface area contributed by atoms with Gasteiger partial charge in [0.05, 0.1) is 11.6 Å². The van der Waals surface area contributed by atoms with Crippen molar-refractivity contribution in [1.82, 2.24) is 9.80 Å². The molecule has 20 heavy (non-hydrogen) atoms. The van der Waals surface area contributed by atoms with Crippen LogP contribution in [0, 0.1) is 11.3 Å². The minimum Gasteiger partial charge on any atom is -0.340 e. The molecule has 0 spiro atoms. The lowest BCUT2D eigenvalue weighted by molar-refractivity contribution is 0.0252. The number of nitrogens with zero attached hydrogens (tertiary/aromatic N) is 3. The van der Waals surface area contributed by atoms with Crippen molar-refractivity contribution in [3.05, 3.63) is 35.4 Å². The van der Waals surface area contributed by atoms with Crippen molar-refractivity contribution in [1.29, 1.82) is 5.26 Å². The predicted molar refractivity (Wildman–Crippen MR) is 78.4 cm³/mol. The van der Waals surface area contributed by atoms with Crippen LogP contribution in [0.1, 0.15) is 35.2 Å². The summed E-state index contributed by atoms with van der Waals surface area (Å²) in [7, 11) is 5.99. The lowest BCUT2D eigenvalue weighted by Crippen LogP contribution is -2.57. The van der Waals surface area contributed by atoms with E-state index in [1.807, 2.05) is 7.05 Å². The summed E-state index contributed by atoms with van der Waals surface area (Å²) in [6, 6.07) is 8.96. The van der Waals surface area contributed by atoms with Gasteiger partial charge in [-0.3, -0.25) is 4.79 Å². The first-order valence-electron chi connectivity index (χ1n) is 6.91. The van der Waals surface area contributed by atoms with Crippen molar-refractivity contribution in [2.75, 3.05) is 27.7 Å². The van der Waals surface area contributed by atoms with Crippen LogP contribution in [0.2, 0.25) is 0 Å². The summed E-state index contributed by atoms with van der Waals surface area (Å²) in [6.07, 6.45) is 3.50. The van der Waals surface area contributed by atoms with Crippen LogP contribution in [-0.4, -0.2) is 48.9 Å². The second kappa shape index (κ2) is 5.64. The number of rotatable bonds is 4. The molecule has 0 aliphatic heterocycles. The van der Waals surface area contributed by atoms with E-state index in [1.165, 1.54) is 6.42 Å². The molecule has 1 aromatic rings. The molecule has 0 bridgehead atoms. The van der Waals surface area contributed by atoms with Gasteiger partial charge >= 0.3 is 0 Å². The van der Waals surface area contributed by atoms with Crippen LogP contribution < -0.4 is 0 Å². The van der Waals surface area contributed by atoms with E-state index in [4.69, 9.17) is 5.26 Å². The third-order valence-corrected chi connectivity index (χ3v) is 4.35. The minimum absolute atomic E-state index is 0.0183. The number of carbonyl (C=O) groups excluding carboxylic acids is 1. The quantitative estimate of drug-likeness (QED) is 0.842. The number of hydrogen-bond acceptors (Lipinski definition) is 3. The smallest absolute Gasteiger partial charge is 0.253 e. The van der Waals surface area contributed by atoms with E-state index in [9.17, 15) is 4.79 Å². The highest BCUT2D eigenvalue weighted by molar-refractivity contribution is 5.94. The number of amides is 1. The molecule has 2 rings (SSSR count). The summed E-state index contributed by atoms with van der Waals surface area (Å²) >= 11 is 0. The maximum atomic E-state index is 12.5. The Labute approximate surface area is 120 Å². The molecule has 0 atom stereocenters. The summed E-state index contributed by atoms with van der Waals surface area (Å²) in [4.78, 5) is 16.5. The first-order chi connectivity index (χ1) is 9.48. The number of benzene rings is 1. The average Bonchev–Trinajstić information content (AvgIpc) is 2.41. The van der Waals surface area contributed by atoms with Crippen molar-refractivity contribution in [3.8, 4) is 6.07 Å². The summed E-state index contributed by atoms with van der Waals surface area (Å²) < 4.78 is 0. The van der Waals surface area contributed by atoms with E-state index in [2.05, 4.69) is 25.1 Å². The van der Waals surface area contributed by atoms with Gasteiger partial charge in [0.25, 0.3) is 5.91 Å². The summed E-state index contributed by atoms with van der Waals surface area (Å²) in [5.41, 5.74) is 1.23. The SMILES string of the molecule is CN(CC1(N(C)C)CCC1)C(=O)c1cccc(C#N)c1. The van der Waals surface area contributed by atoms with E-state index in [-0.39, 0.29) is 11.4 Å². The van der Waals surface area contributed by atoms with Gasteiger partial charge in [-0.1, -0.05) is 6.07 Å². The zero-order valence-corrected chi connectivity index (χ0v) is 12.4. The molecule has 0 radical (unpaired) electrons. The molecular formula is C16H21N3O. The number of nitriles is 1. The molecule has 1 saturated carbocycles. The van der Waals surface area contributed by atoms with Crippen molar-refractivity contribution in [2.45, 2.75) is 24.8 Å². The van der Waals surface area contributed by atoms with Gasteiger partial charge in [0.1, 0.15) is 0 Å². The Bertz CT molecular complexity index is 541. The zero-order valence-electron chi connectivity index (χ0n) is 12.4. The van der Waals surface area contributed by atoms with Crippen LogP contribution in [0.3, 0.4) is 0 Å². The Morgan fingerprint density at radius 3 is 2.55 bits per heavy atom. The second-order valence-corrected chi connectivity index (χ2v) is 5.83. The monoisotopic (exact) mass is 271 g/mol. The Morgan fingerprint density at radius 2 is 2.05 bits per heavy atom. The fourth-order valence-electron chi connectivity index (χ4n) is 2.79. The zero-order chi connectivity index (χ0) is 14.8. The predicted octanol–water partition coefficient (Wildman–Crippen LogP) is 2.11. The van der Waals surface area contributed by atoms with Crippen molar-refractivity contribution in [3.63, 3.8) is 0 Å². The van der Waals surface area contributed by atoms with Crippen molar-refractivity contribution >= 4 is 5.91 Å². The van der Waals surface area contributed by atoms with Crippen molar-refractivity contribution in [2.24, 2.45) is 0 Å². The van der Waals surface area contributed by atoms with E-state index in [0.717, 1.165) is 19.4 Å². The maximum absolute atomic E-state index is 12.5. The highest BCUT2D eigenvalue weighted by atomic mass is 16.2. The van der Waals surface area contributed by atoms with E-state index >= 15 is 0 Å². The van der Waals surface area contributed by atoms with Crippen LogP contribution in [0.4, 0.5) is 0 Å². The topological polar surface area (TPSA) is 47.3 Å². The van der Waals surface area contributed by atoms with Gasteiger partial charge in [0.15, 0.2) is 0 Å². The van der Waals surface area contributed by atoms with Crippen LogP contribution in [0.25, 0.3) is 0 Å². The first-order valence-corrected chi connectivity index (χ1v) is 6.91. The molecule has 0 aromatic heterocycles. The molecule has 0 unspecified atom stereocenters. The molecule has 1 aliphatic rings. The fraction of sp³-hybridized carbons (Fsp3) is 0.500. The van der Waals surface area contributed by atoms with Crippen LogP contribution in [-0.2, 0) is 0 Å². The number of carbonyl (C=O) groups is 1. The van der Waals surface area contributed by atoms with E-state index in [0.29, 0.717) is 11.1 Å². The summed E-state index contributed by atoms with van der Waals surface area (Å²) in [6.45, 7) is 0.732. The standard InChI is InChI=1S/C16H21N3O/c1-18(2)16(8-5-9-16)12-19(3)15(20)14-7-4-6-13(10-14)11-17/h4,6-7,10H,5,8-9,12H2,1-3H3. The molecule has 1 aliphatic carbocycles. The Kier molecular flexibility index (Phi) is 4.10. The Balaban J connectivity index is 2.11. The second-order valence-electron chi connectivity index (χ2n) is 5.83. The molecule has 4 nitrogen and oxygen atoms in total. The summed E-state index contributed by atoms with van der Waals surface area (Å²) in [5, 5.41) is 8.91. The molecule has 1 fully saturated rings. The average molecular weight is 271 g/mol. The largest absolute Gasteiger partial charge is 0.340 e. The molecule has 0 N–H and O–H groups in total. The lowest BCUT2D eigenvalue weighted by Gasteiger charge is -2.49. The van der Waals surface area contributed by atoms with Crippen molar-refractivity contribution < 1.29 is 4.79 Å². The first kappa shape index (κ1) is 14.5. The molecule has 106 valence electrons. The van der Waals surface area contributed by atoms with Gasteiger partial charge in [-0.25, -0.2) is 0 Å². The third kappa shape index (κ3) is 2.68. The van der Waals surface area contributed by atoms with Gasteiger partial charge in [-0.15, -0.1) is 0 Å². The normalized spacial score (nSPS) is 16.4. The van der Waals surface area contributed by atoms with Crippen LogP contribution >= 0.6 is 0 Å². The lowest BCUT2D eigenvalue weighted by atomic mass is 9.75. The van der Waals surface area contributed by atoms with E-state index < -0.39 is 0 Å². The Morgan fingerprint density at radius 1 is 1.35 bits per heavy atom. The number of likely N-dealkylation sites (N-methyl/N-ethyl adjacent to an activating group) is 2. The molecule has 1 aromatic carbocycles. The fourth-order valence-corrected chi connectivity index (χ4v) is 2.79. The van der Waals surface area contributed by atoms with Crippen LogP contribution in [0.15, 0.2) is 24.3 Å². The van der Waals surface area contributed by atoms with Gasteiger partial charge in [0.2, 0.25) is 0 Å². The highest BCUT2D eigenvalue weighted by Gasteiger charge is 2.40. The maximum Gasteiger partial charge on any atom is 0.253 e. The molecule has 0 saturated heterocycles. The highest BCUT2D eigenvalue weighted by Crippen LogP contribution is 2.36. The Hall–Kier alpha value is -1.86. The number of hydrogen-bond donors (Lipinski definition) is 0. The third-order valence-electron chi connectivity index (χ3n) is 4.35. The molecule has 1 amide bonds. The molecule has 4 heteroatoms. The van der Waals surface area contributed by atoms with Gasteiger partial charge in [-0.2, -0.15) is 5.26 Å².